The second-order valence-electron chi connectivity index (χ2n) is 3.20. The highest BCUT2D eigenvalue weighted by molar-refractivity contribution is 8.27. The summed E-state index contributed by atoms with van der Waals surface area (Å²) in [5.74, 6) is 0. The first-order chi connectivity index (χ1) is 8.16. The predicted molar refractivity (Wildman–Crippen MR) is 72.3 cm³/mol. The Hall–Kier alpha value is -0.200. The van der Waals surface area contributed by atoms with Crippen LogP contribution in [0.5, 0.6) is 0 Å². The summed E-state index contributed by atoms with van der Waals surface area (Å²) >= 11 is 8.32. The van der Waals surface area contributed by atoms with Crippen molar-refractivity contribution >= 4 is 40.5 Å². The molecule has 0 heterocycles. The zero-order chi connectivity index (χ0) is 13.8. The molecule has 1 rings (SSSR count). The van der Waals surface area contributed by atoms with Gasteiger partial charge >= 0.3 is 0 Å². The lowest BCUT2D eigenvalue weighted by molar-refractivity contribution is 0.291. The molecule has 0 aliphatic carbocycles. The van der Waals surface area contributed by atoms with E-state index in [-0.39, 0.29) is 13.2 Å². The van der Waals surface area contributed by atoms with E-state index in [4.69, 9.17) is 9.11 Å². The quantitative estimate of drug-likeness (QED) is 0.797. The summed E-state index contributed by atoms with van der Waals surface area (Å²) < 4.78 is 47.9. The van der Waals surface area contributed by atoms with E-state index in [1.807, 2.05) is 0 Å². The highest BCUT2D eigenvalue weighted by Gasteiger charge is 2.03. The van der Waals surface area contributed by atoms with Crippen LogP contribution < -0.4 is 0 Å². The van der Waals surface area contributed by atoms with Gasteiger partial charge in [0.2, 0.25) is 0 Å². The summed E-state index contributed by atoms with van der Waals surface area (Å²) in [5, 5.41) is 0. The maximum atomic E-state index is 10.7. The van der Waals surface area contributed by atoms with Crippen molar-refractivity contribution in [1.29, 1.82) is 0 Å². The fraction of sp³-hybridized carbons (Fsp3) is 0.250. The van der Waals surface area contributed by atoms with Gasteiger partial charge in [-0.1, -0.05) is 24.3 Å². The van der Waals surface area contributed by atoms with Gasteiger partial charge in [-0.3, -0.25) is 17.5 Å². The van der Waals surface area contributed by atoms with Gasteiger partial charge in [0.15, 0.2) is 0 Å². The van der Waals surface area contributed by atoms with Crippen LogP contribution >= 0.6 is 0 Å². The molecule has 0 aliphatic heterocycles. The third-order valence-electron chi connectivity index (χ3n) is 1.77. The molecule has 0 amide bonds. The molecule has 2 unspecified atom stereocenters. The zero-order valence-electron chi connectivity index (χ0n) is 8.88. The standard InChI is InChI=1S/C8H10O6S4/c9-17(10,15)13-5-7-1-2-8(4-3-7)6-14-18(11,12)16/h1-4H,5-6H2,(H,9,10,15)(H,11,12,16). The summed E-state index contributed by atoms with van der Waals surface area (Å²) in [6, 6.07) is 6.45. The van der Waals surface area contributed by atoms with Gasteiger partial charge in [0.05, 0.1) is 13.2 Å². The minimum absolute atomic E-state index is 0.0995. The Morgan fingerprint density at radius 3 is 1.39 bits per heavy atom. The second kappa shape index (κ2) is 6.30. The first kappa shape index (κ1) is 15.9. The Bertz CT molecular complexity index is 534. The molecule has 0 radical (unpaired) electrons. The molecule has 0 spiro atoms. The van der Waals surface area contributed by atoms with E-state index in [2.05, 4.69) is 30.7 Å². The van der Waals surface area contributed by atoms with E-state index in [0.29, 0.717) is 11.1 Å². The molecule has 18 heavy (non-hydrogen) atoms. The van der Waals surface area contributed by atoms with Gasteiger partial charge in [-0.2, -0.15) is 8.42 Å². The van der Waals surface area contributed by atoms with Crippen molar-refractivity contribution in [2.75, 3.05) is 0 Å². The number of rotatable bonds is 6. The van der Waals surface area contributed by atoms with Crippen LogP contribution in [0.1, 0.15) is 11.1 Å². The molecule has 2 N–H and O–H groups in total. The highest BCUT2D eigenvalue weighted by atomic mass is 32.9. The Balaban J connectivity index is 2.58. The Morgan fingerprint density at radius 2 is 1.17 bits per heavy atom. The van der Waals surface area contributed by atoms with Crippen molar-refractivity contribution in [1.82, 2.24) is 0 Å². The summed E-state index contributed by atoms with van der Waals surface area (Å²) in [6.07, 6.45) is 0. The molecule has 2 atom stereocenters. The van der Waals surface area contributed by atoms with Gasteiger partial charge in [-0.05, 0) is 11.1 Å². The smallest absolute Gasteiger partial charge is 0.266 e. The van der Waals surface area contributed by atoms with Crippen molar-refractivity contribution in [3.8, 4) is 0 Å². The van der Waals surface area contributed by atoms with Crippen molar-refractivity contribution in [3.63, 3.8) is 0 Å². The second-order valence-corrected chi connectivity index (χ2v) is 7.91. The van der Waals surface area contributed by atoms with Gasteiger partial charge in [-0.15, -0.1) is 0 Å². The molecular formula is C8H10O6S4. The van der Waals surface area contributed by atoms with E-state index in [1.54, 1.807) is 24.3 Å². The van der Waals surface area contributed by atoms with E-state index in [0.717, 1.165) is 0 Å². The summed E-state index contributed by atoms with van der Waals surface area (Å²) in [4.78, 5) is 0. The minimum atomic E-state index is -3.64. The Kier molecular flexibility index (Phi) is 5.55. The number of benzene rings is 1. The van der Waals surface area contributed by atoms with Crippen LogP contribution in [0.15, 0.2) is 24.3 Å². The van der Waals surface area contributed by atoms with Crippen molar-refractivity contribution in [2.45, 2.75) is 13.2 Å². The fourth-order valence-corrected chi connectivity index (χ4v) is 1.88. The number of hydrogen-bond donors (Lipinski definition) is 2. The van der Waals surface area contributed by atoms with Crippen molar-refractivity contribution in [3.05, 3.63) is 35.4 Å². The lowest BCUT2D eigenvalue weighted by Crippen LogP contribution is -2.03. The van der Waals surface area contributed by atoms with Gasteiger partial charge in [-0.25, -0.2) is 0 Å². The van der Waals surface area contributed by atoms with E-state index >= 15 is 0 Å². The first-order valence-electron chi connectivity index (χ1n) is 4.47. The normalized spacial score (nSPS) is 17.9. The third-order valence-corrected chi connectivity index (χ3v) is 3.18. The van der Waals surface area contributed by atoms with Crippen LogP contribution in [0, 0.1) is 0 Å². The third kappa shape index (κ3) is 7.28. The van der Waals surface area contributed by atoms with E-state index in [1.165, 1.54) is 0 Å². The molecule has 0 aliphatic rings. The highest BCUT2D eigenvalue weighted by Crippen LogP contribution is 2.09. The largest absolute Gasteiger partial charge is 0.285 e. The SMILES string of the molecule is O=S(O)(=S)OCc1ccc(COS(=O)(O)=S)cc1. The van der Waals surface area contributed by atoms with Crippen LogP contribution in [0.25, 0.3) is 0 Å². The zero-order valence-corrected chi connectivity index (χ0v) is 12.2. The van der Waals surface area contributed by atoms with Gasteiger partial charge in [0.1, 0.15) is 0 Å². The molecule has 10 heteroatoms. The molecule has 1 aromatic carbocycles. The first-order valence-corrected chi connectivity index (χ1v) is 9.20. The fourth-order valence-electron chi connectivity index (χ4n) is 1.02. The lowest BCUT2D eigenvalue weighted by atomic mass is 10.1. The van der Waals surface area contributed by atoms with Crippen LogP contribution in [-0.2, 0) is 62.1 Å². The van der Waals surface area contributed by atoms with Crippen LogP contribution in [-0.4, -0.2) is 17.5 Å². The summed E-state index contributed by atoms with van der Waals surface area (Å²) in [7, 11) is -7.28. The van der Waals surface area contributed by atoms with Gasteiger partial charge in [0, 0.05) is 22.4 Å². The molecule has 0 aromatic heterocycles. The molecule has 0 saturated heterocycles. The summed E-state index contributed by atoms with van der Waals surface area (Å²) in [6.45, 7) is -0.199. The topological polar surface area (TPSA) is 93.1 Å². The van der Waals surface area contributed by atoms with Crippen molar-refractivity contribution < 1.29 is 25.9 Å². The predicted octanol–water partition coefficient (Wildman–Crippen LogP) is 0.988. The van der Waals surface area contributed by atoms with Gasteiger partial charge in [0.25, 0.3) is 18.1 Å². The van der Waals surface area contributed by atoms with E-state index < -0.39 is 18.1 Å². The van der Waals surface area contributed by atoms with Crippen LogP contribution in [0.2, 0.25) is 0 Å². The monoisotopic (exact) mass is 330 g/mol. The van der Waals surface area contributed by atoms with Crippen molar-refractivity contribution in [2.24, 2.45) is 0 Å². The molecule has 0 fully saturated rings. The Labute approximate surface area is 115 Å². The maximum absolute atomic E-state index is 10.7. The van der Waals surface area contributed by atoms with Gasteiger partial charge < -0.3 is 0 Å². The number of hydrogen-bond acceptors (Lipinski definition) is 6. The maximum Gasteiger partial charge on any atom is 0.266 e. The minimum Gasteiger partial charge on any atom is -0.285 e. The average molecular weight is 330 g/mol. The van der Waals surface area contributed by atoms with E-state index in [9.17, 15) is 8.42 Å². The lowest BCUT2D eigenvalue weighted by Gasteiger charge is -2.05. The molecular weight excluding hydrogens is 320 g/mol. The molecule has 6 nitrogen and oxygen atoms in total. The average Bonchev–Trinajstić information content (AvgIpc) is 2.23. The molecule has 1 aromatic rings. The summed E-state index contributed by atoms with van der Waals surface area (Å²) in [5.41, 5.74) is 1.27. The molecule has 0 bridgehead atoms. The van der Waals surface area contributed by atoms with Crippen LogP contribution in [0.3, 0.4) is 0 Å². The molecule has 102 valence electrons. The van der Waals surface area contributed by atoms with Crippen LogP contribution in [0.4, 0.5) is 0 Å². The Morgan fingerprint density at radius 1 is 0.889 bits per heavy atom. The molecule has 0 saturated carbocycles.